The Bertz CT molecular complexity index is 846. The summed E-state index contributed by atoms with van der Waals surface area (Å²) in [5, 5.41) is 10.1. The Kier molecular flexibility index (Phi) is 4.51. The Balaban J connectivity index is 1.64. The molecule has 0 spiro atoms. The van der Waals surface area contributed by atoms with Gasteiger partial charge in [0.1, 0.15) is 11.6 Å². The van der Waals surface area contributed by atoms with Crippen molar-refractivity contribution < 1.29 is 18.3 Å². The van der Waals surface area contributed by atoms with E-state index < -0.39 is 5.82 Å². The van der Waals surface area contributed by atoms with Gasteiger partial charge in [-0.25, -0.2) is 4.39 Å². The molecule has 2 aromatic carbocycles. The summed E-state index contributed by atoms with van der Waals surface area (Å²) in [4.78, 5) is 12.0. The second kappa shape index (κ2) is 6.91. The Labute approximate surface area is 137 Å². The Morgan fingerprint density at radius 2 is 2.00 bits per heavy atom. The number of amides is 1. The van der Waals surface area contributed by atoms with Crippen LogP contribution in [0.25, 0.3) is 11.5 Å². The second-order valence-electron chi connectivity index (χ2n) is 5.00. The van der Waals surface area contributed by atoms with Crippen molar-refractivity contribution in [3.05, 3.63) is 59.9 Å². The number of carbonyl (C=O) groups is 1. The minimum Gasteiger partial charge on any atom is -0.497 e. The molecule has 122 valence electrons. The van der Waals surface area contributed by atoms with E-state index in [1.54, 1.807) is 37.4 Å². The fourth-order valence-electron chi connectivity index (χ4n) is 2.10. The second-order valence-corrected chi connectivity index (χ2v) is 5.00. The lowest BCUT2D eigenvalue weighted by Gasteiger charge is -2.03. The lowest BCUT2D eigenvalue weighted by Crippen LogP contribution is -2.14. The number of ether oxygens (including phenoxy) is 1. The Morgan fingerprint density at radius 1 is 1.21 bits per heavy atom. The van der Waals surface area contributed by atoms with Gasteiger partial charge in [-0.05, 0) is 35.9 Å². The van der Waals surface area contributed by atoms with Crippen LogP contribution in [0.15, 0.2) is 52.9 Å². The number of carbonyl (C=O) groups excluding carboxylic acids is 1. The Hall–Kier alpha value is -3.22. The smallest absolute Gasteiger partial charge is 0.322 e. The molecule has 0 unspecified atom stereocenters. The van der Waals surface area contributed by atoms with Gasteiger partial charge in [0.05, 0.1) is 13.5 Å². The summed E-state index contributed by atoms with van der Waals surface area (Å²) >= 11 is 0. The number of rotatable bonds is 5. The van der Waals surface area contributed by atoms with Crippen molar-refractivity contribution in [1.29, 1.82) is 0 Å². The third-order valence-electron chi connectivity index (χ3n) is 3.27. The van der Waals surface area contributed by atoms with Crippen molar-refractivity contribution in [2.24, 2.45) is 0 Å². The van der Waals surface area contributed by atoms with Crippen LogP contribution in [0.5, 0.6) is 5.75 Å². The molecule has 0 atom stereocenters. The number of hydrogen-bond acceptors (Lipinski definition) is 5. The van der Waals surface area contributed by atoms with Crippen LogP contribution in [0.1, 0.15) is 5.56 Å². The maximum absolute atomic E-state index is 13.2. The number of nitrogens with one attached hydrogen (secondary N) is 1. The van der Waals surface area contributed by atoms with E-state index in [0.717, 1.165) is 11.3 Å². The van der Waals surface area contributed by atoms with Crippen LogP contribution in [0.4, 0.5) is 10.4 Å². The molecule has 0 aliphatic carbocycles. The van der Waals surface area contributed by atoms with Crippen molar-refractivity contribution in [2.45, 2.75) is 6.42 Å². The number of nitrogens with zero attached hydrogens (tertiary/aromatic N) is 2. The van der Waals surface area contributed by atoms with E-state index in [9.17, 15) is 9.18 Å². The maximum Gasteiger partial charge on any atom is 0.322 e. The zero-order valence-corrected chi connectivity index (χ0v) is 12.8. The van der Waals surface area contributed by atoms with Gasteiger partial charge in [-0.1, -0.05) is 23.3 Å². The van der Waals surface area contributed by atoms with Crippen molar-refractivity contribution in [3.8, 4) is 17.2 Å². The number of aromatic nitrogens is 2. The van der Waals surface area contributed by atoms with Gasteiger partial charge in [-0.15, -0.1) is 5.10 Å². The summed E-state index contributed by atoms with van der Waals surface area (Å²) < 4.78 is 23.6. The van der Waals surface area contributed by atoms with Gasteiger partial charge in [0, 0.05) is 5.56 Å². The summed E-state index contributed by atoms with van der Waals surface area (Å²) in [7, 11) is 1.58. The summed E-state index contributed by atoms with van der Waals surface area (Å²) in [6.45, 7) is 0. The summed E-state index contributed by atoms with van der Waals surface area (Å²) in [5.41, 5.74) is 1.26. The predicted octanol–water partition coefficient (Wildman–Crippen LogP) is 3.07. The SMILES string of the molecule is COc1ccc(CC(=O)Nc2nnc(-c3cccc(F)c3)o2)cc1. The molecule has 0 bridgehead atoms. The highest BCUT2D eigenvalue weighted by Crippen LogP contribution is 2.20. The highest BCUT2D eigenvalue weighted by molar-refractivity contribution is 5.90. The number of benzene rings is 2. The van der Waals surface area contributed by atoms with Crippen LogP contribution in [0.2, 0.25) is 0 Å². The monoisotopic (exact) mass is 327 g/mol. The average molecular weight is 327 g/mol. The first-order chi connectivity index (χ1) is 11.6. The third kappa shape index (κ3) is 3.75. The summed E-state index contributed by atoms with van der Waals surface area (Å²) in [6.07, 6.45) is 0.154. The predicted molar refractivity (Wildman–Crippen MR) is 85.0 cm³/mol. The molecule has 0 aliphatic rings. The van der Waals surface area contributed by atoms with E-state index >= 15 is 0 Å². The van der Waals surface area contributed by atoms with Crippen molar-refractivity contribution in [1.82, 2.24) is 10.2 Å². The van der Waals surface area contributed by atoms with E-state index in [0.29, 0.717) is 5.56 Å². The molecule has 0 saturated carbocycles. The fraction of sp³-hybridized carbons (Fsp3) is 0.118. The van der Waals surface area contributed by atoms with E-state index in [4.69, 9.17) is 9.15 Å². The molecule has 0 radical (unpaired) electrons. The van der Waals surface area contributed by atoms with E-state index in [-0.39, 0.29) is 24.2 Å². The van der Waals surface area contributed by atoms with Crippen LogP contribution in [-0.2, 0) is 11.2 Å². The standard InChI is InChI=1S/C17H14FN3O3/c1-23-14-7-5-11(6-8-14)9-15(22)19-17-21-20-16(24-17)12-3-2-4-13(18)10-12/h2-8,10H,9H2,1H3,(H,19,21,22). The first kappa shape index (κ1) is 15.7. The van der Waals surface area contributed by atoms with Gasteiger partial charge >= 0.3 is 6.01 Å². The minimum atomic E-state index is -0.407. The van der Waals surface area contributed by atoms with Gasteiger partial charge < -0.3 is 9.15 Å². The van der Waals surface area contributed by atoms with Crippen LogP contribution in [0.3, 0.4) is 0 Å². The lowest BCUT2D eigenvalue weighted by molar-refractivity contribution is -0.115. The zero-order valence-electron chi connectivity index (χ0n) is 12.8. The summed E-state index contributed by atoms with van der Waals surface area (Å²) in [5.74, 6) is 0.149. The van der Waals surface area contributed by atoms with Gasteiger partial charge in [0.15, 0.2) is 0 Å². The van der Waals surface area contributed by atoms with E-state index in [1.165, 1.54) is 18.2 Å². The van der Waals surface area contributed by atoms with Crippen molar-refractivity contribution in [2.75, 3.05) is 12.4 Å². The largest absolute Gasteiger partial charge is 0.497 e. The topological polar surface area (TPSA) is 77.2 Å². The number of halogens is 1. The third-order valence-corrected chi connectivity index (χ3v) is 3.27. The van der Waals surface area contributed by atoms with Crippen LogP contribution < -0.4 is 10.1 Å². The fourth-order valence-corrected chi connectivity index (χ4v) is 2.10. The first-order valence-corrected chi connectivity index (χ1v) is 7.16. The van der Waals surface area contributed by atoms with Crippen molar-refractivity contribution >= 4 is 11.9 Å². The summed E-state index contributed by atoms with van der Waals surface area (Å²) in [6, 6.07) is 12.9. The van der Waals surface area contributed by atoms with Crippen LogP contribution in [-0.4, -0.2) is 23.2 Å². The molecule has 1 N–H and O–H groups in total. The van der Waals surface area contributed by atoms with Gasteiger partial charge in [0.2, 0.25) is 11.8 Å². The van der Waals surface area contributed by atoms with Gasteiger partial charge in [-0.2, -0.15) is 0 Å². The molecule has 0 aliphatic heterocycles. The number of hydrogen-bond donors (Lipinski definition) is 1. The van der Waals surface area contributed by atoms with Crippen LogP contribution in [0, 0.1) is 5.82 Å². The Morgan fingerprint density at radius 3 is 2.71 bits per heavy atom. The number of anilines is 1. The molecule has 24 heavy (non-hydrogen) atoms. The molecular formula is C17H14FN3O3. The minimum absolute atomic E-state index is 0.0345. The highest BCUT2D eigenvalue weighted by atomic mass is 19.1. The molecular weight excluding hydrogens is 313 g/mol. The molecule has 3 aromatic rings. The normalized spacial score (nSPS) is 10.4. The quantitative estimate of drug-likeness (QED) is 0.779. The molecule has 1 heterocycles. The van der Waals surface area contributed by atoms with Gasteiger partial charge in [-0.3, -0.25) is 10.1 Å². The molecule has 1 aromatic heterocycles. The maximum atomic E-state index is 13.2. The van der Waals surface area contributed by atoms with Gasteiger partial charge in [0.25, 0.3) is 0 Å². The zero-order chi connectivity index (χ0) is 16.9. The highest BCUT2D eigenvalue weighted by Gasteiger charge is 2.12. The average Bonchev–Trinajstić information content (AvgIpc) is 3.04. The molecule has 1 amide bonds. The van der Waals surface area contributed by atoms with E-state index in [1.807, 2.05) is 0 Å². The lowest BCUT2D eigenvalue weighted by atomic mass is 10.1. The molecule has 3 rings (SSSR count). The molecule has 6 nitrogen and oxygen atoms in total. The van der Waals surface area contributed by atoms with Crippen molar-refractivity contribution in [3.63, 3.8) is 0 Å². The first-order valence-electron chi connectivity index (χ1n) is 7.16. The van der Waals surface area contributed by atoms with E-state index in [2.05, 4.69) is 15.5 Å². The molecule has 0 saturated heterocycles. The number of methoxy groups -OCH3 is 1. The molecule has 0 fully saturated rings. The molecule has 7 heteroatoms. The van der Waals surface area contributed by atoms with Crippen LogP contribution >= 0.6 is 0 Å².